The maximum absolute atomic E-state index is 2.79. The minimum absolute atomic E-state index is 1.21. The maximum Gasteiger partial charge on any atom is 0.348 e. The molecule has 2 nitrogen and oxygen atoms in total. The number of hydrogen-bond acceptors (Lipinski definition) is 0. The second-order valence-electron chi connectivity index (χ2n) is 17.5. The Labute approximate surface area is 330 Å². The van der Waals surface area contributed by atoms with Gasteiger partial charge in [0, 0.05) is 6.42 Å². The summed E-state index contributed by atoms with van der Waals surface area (Å²) in [4.78, 5) is 0. The van der Waals surface area contributed by atoms with Crippen molar-refractivity contribution in [2.75, 3.05) is 19.6 Å². The lowest BCUT2D eigenvalue weighted by Crippen LogP contribution is -2.50. The second-order valence-corrected chi connectivity index (χ2v) is 17.5. The van der Waals surface area contributed by atoms with Crippen LogP contribution in [0.3, 0.4) is 0 Å². The largest absolute Gasteiger partial charge is 0.348 e. The van der Waals surface area contributed by atoms with Gasteiger partial charge in [-0.05, 0) is 38.5 Å². The van der Waals surface area contributed by atoms with Crippen molar-refractivity contribution in [2.45, 2.75) is 285 Å². The van der Waals surface area contributed by atoms with Crippen LogP contribution in [0.25, 0.3) is 0 Å². The quantitative estimate of drug-likeness (QED) is 0.0334. The van der Waals surface area contributed by atoms with Crippen LogP contribution in [0.15, 0.2) is 12.4 Å². The smallest absolute Gasteiger partial charge is 0.209 e. The Morgan fingerprint density at radius 2 is 0.596 bits per heavy atom. The van der Waals surface area contributed by atoms with E-state index in [9.17, 15) is 0 Å². The minimum atomic E-state index is 1.21. The SMILES string of the molecule is CCCCCCCCCCCCC1=[N+](CCCCCCCCCCCC)C=C[N+]1(CCCCCCCCCCC)CCCCCCCCCCCC. The van der Waals surface area contributed by atoms with Gasteiger partial charge < -0.3 is 0 Å². The van der Waals surface area contributed by atoms with Gasteiger partial charge in [0.1, 0.15) is 0 Å². The van der Waals surface area contributed by atoms with Crippen molar-refractivity contribution >= 4 is 5.84 Å². The first-order valence-corrected chi connectivity index (χ1v) is 24.9. The number of rotatable bonds is 43. The van der Waals surface area contributed by atoms with Crippen molar-refractivity contribution in [1.82, 2.24) is 0 Å². The molecule has 1 unspecified atom stereocenters. The van der Waals surface area contributed by atoms with E-state index in [1.54, 1.807) is 5.84 Å². The summed E-state index contributed by atoms with van der Waals surface area (Å²) < 4.78 is 4.01. The third kappa shape index (κ3) is 27.9. The van der Waals surface area contributed by atoms with Crippen LogP contribution in [-0.2, 0) is 0 Å². The predicted octanol–water partition coefficient (Wildman–Crippen LogP) is 17.4. The molecule has 0 saturated carbocycles. The Morgan fingerprint density at radius 3 is 0.923 bits per heavy atom. The third-order valence-electron chi connectivity index (χ3n) is 12.5. The van der Waals surface area contributed by atoms with Crippen molar-refractivity contribution in [3.63, 3.8) is 0 Å². The maximum atomic E-state index is 2.79. The number of quaternary nitrogens is 1. The molecule has 0 aromatic rings. The van der Waals surface area contributed by atoms with Crippen molar-refractivity contribution in [3.8, 4) is 0 Å². The van der Waals surface area contributed by atoms with Gasteiger partial charge in [0.15, 0.2) is 12.7 Å². The minimum Gasteiger partial charge on any atom is -0.209 e. The summed E-state index contributed by atoms with van der Waals surface area (Å²) in [5.74, 6) is 1.80. The van der Waals surface area contributed by atoms with Crippen molar-refractivity contribution in [2.24, 2.45) is 0 Å². The first-order valence-electron chi connectivity index (χ1n) is 24.9. The van der Waals surface area contributed by atoms with Crippen LogP contribution >= 0.6 is 0 Å². The van der Waals surface area contributed by atoms with Gasteiger partial charge in [-0.3, -0.25) is 0 Å². The molecule has 0 radical (unpaired) electrons. The zero-order chi connectivity index (χ0) is 37.5. The Hall–Kier alpha value is -0.630. The Kier molecular flexibility index (Phi) is 36.7. The monoisotopic (exact) mass is 729 g/mol. The van der Waals surface area contributed by atoms with Gasteiger partial charge in [-0.2, -0.15) is 4.58 Å². The highest BCUT2D eigenvalue weighted by Crippen LogP contribution is 2.26. The molecule has 0 amide bonds. The zero-order valence-corrected chi connectivity index (χ0v) is 37.0. The Morgan fingerprint density at radius 1 is 0.327 bits per heavy atom. The molecule has 0 aromatic heterocycles. The van der Waals surface area contributed by atoms with Gasteiger partial charge in [-0.15, -0.1) is 0 Å². The molecular weight excluding hydrogens is 629 g/mol. The summed E-state index contributed by atoms with van der Waals surface area (Å²) in [5.41, 5.74) is 0. The van der Waals surface area contributed by atoms with E-state index in [1.807, 2.05) is 0 Å². The number of unbranched alkanes of at least 4 members (excludes halogenated alkanes) is 35. The van der Waals surface area contributed by atoms with E-state index in [0.29, 0.717) is 0 Å². The summed E-state index contributed by atoms with van der Waals surface area (Å²) >= 11 is 0. The zero-order valence-electron chi connectivity index (χ0n) is 37.0. The average molecular weight is 729 g/mol. The van der Waals surface area contributed by atoms with Crippen molar-refractivity contribution < 1.29 is 9.06 Å². The first kappa shape index (κ1) is 49.4. The molecule has 0 fully saturated rings. The van der Waals surface area contributed by atoms with Gasteiger partial charge >= 0.3 is 5.84 Å². The topological polar surface area (TPSA) is 3.01 Å². The van der Waals surface area contributed by atoms with E-state index in [0.717, 1.165) is 0 Å². The molecule has 308 valence electrons. The third-order valence-corrected chi connectivity index (χ3v) is 12.5. The fraction of sp³-hybridized carbons (Fsp3) is 0.940. The molecule has 0 spiro atoms. The van der Waals surface area contributed by atoms with Crippen LogP contribution in [0.1, 0.15) is 285 Å². The molecule has 1 aliphatic heterocycles. The summed E-state index contributed by atoms with van der Waals surface area (Å²) in [7, 11) is 0. The Balaban J connectivity index is 2.76. The van der Waals surface area contributed by atoms with Crippen LogP contribution in [0.5, 0.6) is 0 Å². The highest BCUT2D eigenvalue weighted by atomic mass is 15.4. The molecule has 1 atom stereocenters. The Bertz CT molecular complexity index is 783. The van der Waals surface area contributed by atoms with Gasteiger partial charge in [-0.25, -0.2) is 4.48 Å². The summed E-state index contributed by atoms with van der Waals surface area (Å²) in [6.07, 6.45) is 62.6. The number of amidine groups is 1. The van der Waals surface area contributed by atoms with Crippen LogP contribution in [0, 0.1) is 0 Å². The highest BCUT2D eigenvalue weighted by Gasteiger charge is 2.42. The molecule has 0 aliphatic carbocycles. The van der Waals surface area contributed by atoms with E-state index in [-0.39, 0.29) is 0 Å². The molecule has 52 heavy (non-hydrogen) atoms. The fourth-order valence-corrected chi connectivity index (χ4v) is 8.85. The van der Waals surface area contributed by atoms with E-state index >= 15 is 0 Å². The molecule has 1 rings (SSSR count). The van der Waals surface area contributed by atoms with Gasteiger partial charge in [0.2, 0.25) is 6.20 Å². The molecule has 1 heterocycles. The standard InChI is InChI=1S/C50H100N2/c1-5-9-13-17-21-25-28-32-36-40-44-50-51(45-41-37-33-29-26-22-18-14-10-6-2)46-49-52(50,47-42-38-34-30-24-20-16-12-8-4)48-43-39-35-31-27-23-19-15-11-7-3/h46,49H,5-45,47-48H2,1-4H3/q+2. The number of nitrogens with zero attached hydrogens (tertiary/aromatic N) is 2. The predicted molar refractivity (Wildman–Crippen MR) is 237 cm³/mol. The number of hydrogen-bond donors (Lipinski definition) is 0. The van der Waals surface area contributed by atoms with Crippen molar-refractivity contribution in [3.05, 3.63) is 12.4 Å². The molecule has 2 heteroatoms. The normalized spacial score (nSPS) is 15.8. The van der Waals surface area contributed by atoms with Gasteiger partial charge in [0.05, 0.1) is 19.5 Å². The van der Waals surface area contributed by atoms with Crippen LogP contribution in [0.2, 0.25) is 0 Å². The lowest BCUT2D eigenvalue weighted by molar-refractivity contribution is -0.801. The van der Waals surface area contributed by atoms with Gasteiger partial charge in [-0.1, -0.05) is 233 Å². The van der Waals surface area contributed by atoms with Crippen LogP contribution < -0.4 is 0 Å². The van der Waals surface area contributed by atoms with E-state index in [1.165, 1.54) is 281 Å². The molecule has 1 aliphatic rings. The van der Waals surface area contributed by atoms with Crippen LogP contribution in [0.4, 0.5) is 0 Å². The molecule has 0 N–H and O–H groups in total. The lowest BCUT2D eigenvalue weighted by Gasteiger charge is -2.29. The first-order chi connectivity index (χ1) is 25.7. The van der Waals surface area contributed by atoms with E-state index < -0.39 is 0 Å². The fourth-order valence-electron chi connectivity index (χ4n) is 8.85. The summed E-state index contributed by atoms with van der Waals surface area (Å²) in [6, 6.07) is 0. The highest BCUT2D eigenvalue weighted by molar-refractivity contribution is 5.72. The molecule has 0 saturated heterocycles. The van der Waals surface area contributed by atoms with E-state index in [2.05, 4.69) is 44.7 Å². The van der Waals surface area contributed by atoms with E-state index in [4.69, 9.17) is 0 Å². The van der Waals surface area contributed by atoms with Crippen molar-refractivity contribution in [1.29, 1.82) is 0 Å². The van der Waals surface area contributed by atoms with Crippen LogP contribution in [-0.4, -0.2) is 34.5 Å². The molecular formula is C50H100N2+2. The summed E-state index contributed by atoms with van der Waals surface area (Å²) in [6.45, 7) is 13.3. The molecule has 0 bridgehead atoms. The van der Waals surface area contributed by atoms with Gasteiger partial charge in [0.25, 0.3) is 0 Å². The second kappa shape index (κ2) is 38.6. The lowest BCUT2D eigenvalue weighted by atomic mass is 10.0. The summed E-state index contributed by atoms with van der Waals surface area (Å²) in [5, 5.41) is 0. The molecule has 0 aromatic carbocycles. The average Bonchev–Trinajstić information content (AvgIpc) is 3.49.